The molecule has 2 N–H and O–H groups in total. The summed E-state index contributed by atoms with van der Waals surface area (Å²) < 4.78 is 27.4. The van der Waals surface area contributed by atoms with Gasteiger partial charge in [0.05, 0.1) is 59.5 Å². The van der Waals surface area contributed by atoms with Gasteiger partial charge in [0.1, 0.15) is 0 Å². The summed E-state index contributed by atoms with van der Waals surface area (Å²) in [5.74, 6) is 0.391. The summed E-state index contributed by atoms with van der Waals surface area (Å²) in [7, 11) is 0.436. The molecule has 1 aromatic carbocycles. The SMILES string of the molecule is COCCOCCOCCS(=O)c1ccc(N)cc1Cl. The van der Waals surface area contributed by atoms with Gasteiger partial charge in [0.15, 0.2) is 0 Å². The second-order valence-corrected chi connectivity index (χ2v) is 5.90. The summed E-state index contributed by atoms with van der Waals surface area (Å²) >= 11 is 5.99. The van der Waals surface area contributed by atoms with Crippen LogP contribution in [0.2, 0.25) is 5.02 Å². The Hall–Kier alpha value is -0.660. The number of rotatable bonds is 10. The Bertz CT molecular complexity index is 431. The summed E-state index contributed by atoms with van der Waals surface area (Å²) in [4.78, 5) is 0.584. The number of hydrogen-bond donors (Lipinski definition) is 1. The standard InChI is InChI=1S/C13H20ClNO4S/c1-17-4-5-18-6-7-19-8-9-20(16)13-3-2-11(15)10-12(13)14/h2-3,10H,4-9,15H2,1H3. The van der Waals surface area contributed by atoms with E-state index in [0.717, 1.165) is 0 Å². The number of methoxy groups -OCH3 is 1. The lowest BCUT2D eigenvalue weighted by Gasteiger charge is -2.07. The molecule has 1 unspecified atom stereocenters. The highest BCUT2D eigenvalue weighted by atomic mass is 35.5. The fraction of sp³-hybridized carbons (Fsp3) is 0.538. The zero-order valence-electron chi connectivity index (χ0n) is 11.5. The minimum Gasteiger partial charge on any atom is -0.399 e. The Labute approximate surface area is 126 Å². The van der Waals surface area contributed by atoms with Crippen molar-refractivity contribution in [3.8, 4) is 0 Å². The molecule has 7 heteroatoms. The Morgan fingerprint density at radius 2 is 1.80 bits per heavy atom. The van der Waals surface area contributed by atoms with Gasteiger partial charge in [0.2, 0.25) is 0 Å². The van der Waals surface area contributed by atoms with Gasteiger partial charge in [-0.15, -0.1) is 0 Å². The van der Waals surface area contributed by atoms with E-state index < -0.39 is 10.8 Å². The predicted octanol–water partition coefficient (Wildman–Crippen LogP) is 1.71. The van der Waals surface area contributed by atoms with Crippen LogP contribution < -0.4 is 5.73 Å². The molecule has 0 heterocycles. The Kier molecular flexibility index (Phi) is 8.80. The first-order valence-corrected chi connectivity index (χ1v) is 7.92. The molecule has 0 fully saturated rings. The minimum absolute atomic E-state index is 0.390. The van der Waals surface area contributed by atoms with Gasteiger partial charge >= 0.3 is 0 Å². The summed E-state index contributed by atoms with van der Waals surface area (Å²) in [6, 6.07) is 4.96. The van der Waals surface area contributed by atoms with Gasteiger partial charge < -0.3 is 19.9 Å². The van der Waals surface area contributed by atoms with Gasteiger partial charge in [-0.2, -0.15) is 0 Å². The Morgan fingerprint density at radius 1 is 1.15 bits per heavy atom. The van der Waals surface area contributed by atoms with E-state index in [1.54, 1.807) is 25.3 Å². The van der Waals surface area contributed by atoms with Gasteiger partial charge in [-0.05, 0) is 18.2 Å². The van der Waals surface area contributed by atoms with Crippen LogP contribution in [0.3, 0.4) is 0 Å². The fourth-order valence-corrected chi connectivity index (χ4v) is 2.84. The normalized spacial score (nSPS) is 12.5. The molecule has 0 aliphatic rings. The van der Waals surface area contributed by atoms with Gasteiger partial charge in [0, 0.05) is 12.8 Å². The van der Waals surface area contributed by atoms with Crippen LogP contribution >= 0.6 is 11.6 Å². The number of nitrogens with two attached hydrogens (primary N) is 1. The Morgan fingerprint density at radius 3 is 2.45 bits per heavy atom. The van der Waals surface area contributed by atoms with Crippen molar-refractivity contribution < 1.29 is 18.4 Å². The van der Waals surface area contributed by atoms with Gasteiger partial charge in [-0.3, -0.25) is 4.21 Å². The van der Waals surface area contributed by atoms with Gasteiger partial charge in [-0.1, -0.05) is 11.6 Å². The predicted molar refractivity (Wildman–Crippen MR) is 80.7 cm³/mol. The maximum Gasteiger partial charge on any atom is 0.0701 e. The van der Waals surface area contributed by atoms with Crippen molar-refractivity contribution in [2.45, 2.75) is 4.90 Å². The molecule has 0 bridgehead atoms. The number of nitrogen functional groups attached to an aromatic ring is 1. The third-order valence-electron chi connectivity index (χ3n) is 2.42. The van der Waals surface area contributed by atoms with E-state index in [1.165, 1.54) is 0 Å². The molecule has 0 saturated heterocycles. The molecular formula is C13H20ClNO4S. The summed E-state index contributed by atoms with van der Waals surface area (Å²) in [6.45, 7) is 2.47. The summed E-state index contributed by atoms with van der Waals surface area (Å²) in [5, 5.41) is 0.422. The third-order valence-corrected chi connectivity index (χ3v) is 4.23. The number of anilines is 1. The molecule has 1 aromatic rings. The van der Waals surface area contributed by atoms with Crippen molar-refractivity contribution >= 4 is 28.1 Å². The molecule has 0 aliphatic heterocycles. The van der Waals surface area contributed by atoms with E-state index >= 15 is 0 Å². The molecule has 20 heavy (non-hydrogen) atoms. The monoisotopic (exact) mass is 321 g/mol. The van der Waals surface area contributed by atoms with E-state index in [0.29, 0.717) is 54.4 Å². The highest BCUT2D eigenvalue weighted by Crippen LogP contribution is 2.22. The molecule has 1 rings (SSSR count). The highest BCUT2D eigenvalue weighted by Gasteiger charge is 2.08. The molecule has 0 aliphatic carbocycles. The average molecular weight is 322 g/mol. The van der Waals surface area contributed by atoms with Crippen molar-refractivity contribution in [2.24, 2.45) is 0 Å². The lowest BCUT2D eigenvalue weighted by Crippen LogP contribution is -2.12. The quantitative estimate of drug-likeness (QED) is 0.525. The van der Waals surface area contributed by atoms with Crippen LogP contribution in [0, 0.1) is 0 Å². The maximum absolute atomic E-state index is 12.0. The largest absolute Gasteiger partial charge is 0.399 e. The van der Waals surface area contributed by atoms with Crippen molar-refractivity contribution in [1.82, 2.24) is 0 Å². The van der Waals surface area contributed by atoms with Crippen LogP contribution in [0.4, 0.5) is 5.69 Å². The first kappa shape index (κ1) is 17.4. The van der Waals surface area contributed by atoms with Crippen LogP contribution in [-0.4, -0.2) is 50.1 Å². The number of halogens is 1. The van der Waals surface area contributed by atoms with E-state index in [9.17, 15) is 4.21 Å². The smallest absolute Gasteiger partial charge is 0.0701 e. The van der Waals surface area contributed by atoms with Crippen LogP contribution in [0.25, 0.3) is 0 Å². The van der Waals surface area contributed by atoms with Gasteiger partial charge in [0.25, 0.3) is 0 Å². The van der Waals surface area contributed by atoms with E-state index in [-0.39, 0.29) is 0 Å². The molecular weight excluding hydrogens is 302 g/mol. The molecule has 5 nitrogen and oxygen atoms in total. The number of hydrogen-bond acceptors (Lipinski definition) is 5. The zero-order valence-corrected chi connectivity index (χ0v) is 13.0. The fourth-order valence-electron chi connectivity index (χ4n) is 1.41. The minimum atomic E-state index is -1.19. The lowest BCUT2D eigenvalue weighted by atomic mass is 10.3. The van der Waals surface area contributed by atoms with Crippen LogP contribution in [0.1, 0.15) is 0 Å². The number of benzene rings is 1. The molecule has 114 valence electrons. The van der Waals surface area contributed by atoms with E-state index in [4.69, 9.17) is 31.5 Å². The second kappa shape index (κ2) is 10.1. The van der Waals surface area contributed by atoms with Crippen LogP contribution in [0.15, 0.2) is 23.1 Å². The summed E-state index contributed by atoms with van der Waals surface area (Å²) in [6.07, 6.45) is 0. The van der Waals surface area contributed by atoms with Crippen LogP contribution in [-0.2, 0) is 25.0 Å². The van der Waals surface area contributed by atoms with E-state index in [1.807, 2.05) is 0 Å². The molecule has 0 saturated carbocycles. The Balaban J connectivity index is 2.17. The number of ether oxygens (including phenoxy) is 3. The van der Waals surface area contributed by atoms with E-state index in [2.05, 4.69) is 0 Å². The maximum atomic E-state index is 12.0. The van der Waals surface area contributed by atoms with Crippen molar-refractivity contribution in [1.29, 1.82) is 0 Å². The van der Waals surface area contributed by atoms with Crippen molar-refractivity contribution in [2.75, 3.05) is 51.6 Å². The third kappa shape index (κ3) is 6.67. The molecule has 0 radical (unpaired) electrons. The zero-order chi connectivity index (χ0) is 14.8. The molecule has 0 aromatic heterocycles. The molecule has 1 atom stereocenters. The summed E-state index contributed by atoms with van der Waals surface area (Å²) in [5.41, 5.74) is 6.14. The van der Waals surface area contributed by atoms with Crippen molar-refractivity contribution in [3.05, 3.63) is 23.2 Å². The average Bonchev–Trinajstić information content (AvgIpc) is 2.41. The second-order valence-electron chi connectivity index (χ2n) is 3.96. The van der Waals surface area contributed by atoms with Crippen molar-refractivity contribution in [3.63, 3.8) is 0 Å². The topological polar surface area (TPSA) is 70.8 Å². The van der Waals surface area contributed by atoms with Gasteiger partial charge in [-0.25, -0.2) is 0 Å². The molecule has 0 spiro atoms. The van der Waals surface area contributed by atoms with Crippen LogP contribution in [0.5, 0.6) is 0 Å². The first-order valence-electron chi connectivity index (χ1n) is 6.23. The lowest BCUT2D eigenvalue weighted by molar-refractivity contribution is 0.0285. The first-order chi connectivity index (χ1) is 9.65. The highest BCUT2D eigenvalue weighted by molar-refractivity contribution is 7.85. The molecule has 0 amide bonds.